The molecule has 1 N–H and O–H groups in total. The summed E-state index contributed by atoms with van der Waals surface area (Å²) in [6.07, 6.45) is 4.47. The molecule has 2 aliphatic heterocycles. The summed E-state index contributed by atoms with van der Waals surface area (Å²) in [5.41, 5.74) is 3.25. The number of fused-ring (bicyclic) bond motifs is 1. The molecule has 1 saturated heterocycles. The Bertz CT molecular complexity index is 1300. The number of rotatable bonds is 6. The molecule has 0 bridgehead atoms. The Kier molecular flexibility index (Phi) is 7.43. The lowest BCUT2D eigenvalue weighted by atomic mass is 9.87. The van der Waals surface area contributed by atoms with Gasteiger partial charge in [0.2, 0.25) is 5.91 Å². The van der Waals surface area contributed by atoms with Crippen LogP contribution in [0.3, 0.4) is 0 Å². The van der Waals surface area contributed by atoms with Crippen molar-refractivity contribution in [1.82, 2.24) is 4.90 Å². The molecular formula is C27H27BrFN3O3S. The van der Waals surface area contributed by atoms with Gasteiger partial charge in [0.15, 0.2) is 0 Å². The number of nitrogens with one attached hydrogen (secondary N) is 1. The zero-order valence-corrected chi connectivity index (χ0v) is 22.9. The summed E-state index contributed by atoms with van der Waals surface area (Å²) in [4.78, 5) is 41.0. The van der Waals surface area contributed by atoms with Crippen molar-refractivity contribution < 1.29 is 18.8 Å². The second kappa shape index (κ2) is 10.2. The molecule has 0 atom stereocenters. The molecule has 9 heteroatoms. The van der Waals surface area contributed by atoms with Crippen molar-refractivity contribution in [2.24, 2.45) is 0 Å². The lowest BCUT2D eigenvalue weighted by Crippen LogP contribution is -2.45. The standard InChI is InChI=1S/C27H27BrFN3O3S/c1-5-10-32-22-13-21(29)17(11-20(22)16(2)14-27(32,3)4)12-23-25(34)31(26(35)36-23)15-24(33)30-19-8-6-18(28)7-9-19/h6-9,11-14H,5,10,15H2,1-4H3,(H,30,33)/b23-12+. The third-order valence-electron chi connectivity index (χ3n) is 6.13. The minimum Gasteiger partial charge on any atom is -0.362 e. The minimum absolute atomic E-state index is 0.0819. The summed E-state index contributed by atoms with van der Waals surface area (Å²) < 4.78 is 16.1. The van der Waals surface area contributed by atoms with Crippen LogP contribution in [0.25, 0.3) is 11.6 Å². The molecule has 0 radical (unpaired) electrons. The zero-order valence-electron chi connectivity index (χ0n) is 20.5. The number of carbonyl (C=O) groups excluding carboxylic acids is 3. The van der Waals surface area contributed by atoms with E-state index in [0.717, 1.165) is 39.2 Å². The number of halogens is 2. The van der Waals surface area contributed by atoms with Gasteiger partial charge in [-0.3, -0.25) is 19.3 Å². The molecule has 0 unspecified atom stereocenters. The number of hydrogen-bond donors (Lipinski definition) is 1. The van der Waals surface area contributed by atoms with Crippen molar-refractivity contribution in [3.05, 3.63) is 68.8 Å². The quantitative estimate of drug-likeness (QED) is 0.392. The molecular weight excluding hydrogens is 545 g/mol. The van der Waals surface area contributed by atoms with Gasteiger partial charge in [0, 0.05) is 33.5 Å². The van der Waals surface area contributed by atoms with Crippen LogP contribution in [0.2, 0.25) is 0 Å². The van der Waals surface area contributed by atoms with E-state index in [-0.39, 0.29) is 16.0 Å². The molecule has 0 saturated carbocycles. The van der Waals surface area contributed by atoms with Crippen LogP contribution in [0, 0.1) is 5.82 Å². The summed E-state index contributed by atoms with van der Waals surface area (Å²) in [5, 5.41) is 2.10. The van der Waals surface area contributed by atoms with Crippen LogP contribution >= 0.6 is 27.7 Å². The molecule has 6 nitrogen and oxygen atoms in total. The van der Waals surface area contributed by atoms with E-state index in [2.05, 4.69) is 53.0 Å². The summed E-state index contributed by atoms with van der Waals surface area (Å²) in [6, 6.07) is 10.2. The molecule has 2 aromatic carbocycles. The Hall–Kier alpha value is -2.91. The third-order valence-corrected chi connectivity index (χ3v) is 7.57. The van der Waals surface area contributed by atoms with Gasteiger partial charge < -0.3 is 10.2 Å². The van der Waals surface area contributed by atoms with Gasteiger partial charge in [-0.15, -0.1) is 0 Å². The number of amides is 3. The predicted octanol–water partition coefficient (Wildman–Crippen LogP) is 6.68. The van der Waals surface area contributed by atoms with Crippen LogP contribution in [0.5, 0.6) is 0 Å². The van der Waals surface area contributed by atoms with E-state index in [4.69, 9.17) is 0 Å². The van der Waals surface area contributed by atoms with Gasteiger partial charge in [-0.05, 0) is 87.0 Å². The van der Waals surface area contributed by atoms with Crippen molar-refractivity contribution in [2.75, 3.05) is 23.3 Å². The molecule has 0 aliphatic carbocycles. The second-order valence-corrected chi connectivity index (χ2v) is 11.3. The maximum atomic E-state index is 15.2. The van der Waals surface area contributed by atoms with Crippen molar-refractivity contribution in [3.63, 3.8) is 0 Å². The summed E-state index contributed by atoms with van der Waals surface area (Å²) in [7, 11) is 0. The number of anilines is 2. The zero-order chi connectivity index (χ0) is 26.2. The van der Waals surface area contributed by atoms with Gasteiger partial charge in [0.05, 0.1) is 10.4 Å². The fourth-order valence-electron chi connectivity index (χ4n) is 4.51. The largest absolute Gasteiger partial charge is 0.362 e. The molecule has 0 spiro atoms. The maximum Gasteiger partial charge on any atom is 0.294 e. The highest BCUT2D eigenvalue weighted by molar-refractivity contribution is 9.10. The first-order valence-corrected chi connectivity index (χ1v) is 13.2. The Balaban J connectivity index is 1.57. The highest BCUT2D eigenvalue weighted by Gasteiger charge is 2.37. The van der Waals surface area contributed by atoms with Crippen LogP contribution in [-0.4, -0.2) is 40.6 Å². The minimum atomic E-state index is -0.617. The molecule has 2 aromatic rings. The number of hydrogen-bond acceptors (Lipinski definition) is 5. The second-order valence-electron chi connectivity index (χ2n) is 9.35. The molecule has 4 rings (SSSR count). The lowest BCUT2D eigenvalue weighted by molar-refractivity contribution is -0.127. The van der Waals surface area contributed by atoms with Crippen molar-refractivity contribution in [2.45, 2.75) is 39.7 Å². The highest BCUT2D eigenvalue weighted by atomic mass is 79.9. The monoisotopic (exact) mass is 571 g/mol. The van der Waals surface area contributed by atoms with E-state index >= 15 is 4.39 Å². The van der Waals surface area contributed by atoms with E-state index in [1.165, 1.54) is 12.1 Å². The number of nitrogens with zero attached hydrogens (tertiary/aromatic N) is 2. The average Bonchev–Trinajstić information content (AvgIpc) is 3.06. The molecule has 2 aliphatic rings. The average molecular weight is 572 g/mol. The molecule has 0 aromatic heterocycles. The van der Waals surface area contributed by atoms with Crippen molar-refractivity contribution in [1.29, 1.82) is 0 Å². The third kappa shape index (κ3) is 5.27. The van der Waals surface area contributed by atoms with Gasteiger partial charge in [-0.1, -0.05) is 28.9 Å². The van der Waals surface area contributed by atoms with Gasteiger partial charge >= 0.3 is 0 Å². The summed E-state index contributed by atoms with van der Waals surface area (Å²) in [6.45, 7) is 8.63. The topological polar surface area (TPSA) is 69.7 Å². The summed E-state index contributed by atoms with van der Waals surface area (Å²) >= 11 is 4.03. The lowest BCUT2D eigenvalue weighted by Gasteiger charge is -2.43. The number of benzene rings is 2. The van der Waals surface area contributed by atoms with E-state index in [9.17, 15) is 14.4 Å². The Morgan fingerprint density at radius 1 is 1.19 bits per heavy atom. The normalized spacial score (nSPS) is 17.9. The molecule has 2 heterocycles. The maximum absolute atomic E-state index is 15.2. The van der Waals surface area contributed by atoms with E-state index in [1.54, 1.807) is 30.3 Å². The van der Waals surface area contributed by atoms with Crippen LogP contribution in [0.1, 0.15) is 45.2 Å². The van der Waals surface area contributed by atoms with E-state index in [1.807, 2.05) is 6.92 Å². The number of allylic oxidation sites excluding steroid dienone is 1. The Labute approximate surface area is 222 Å². The van der Waals surface area contributed by atoms with Crippen molar-refractivity contribution >= 4 is 67.8 Å². The van der Waals surface area contributed by atoms with E-state index < -0.39 is 29.4 Å². The van der Waals surface area contributed by atoms with Gasteiger partial charge in [-0.2, -0.15) is 0 Å². The first kappa shape index (κ1) is 26.2. The molecule has 188 valence electrons. The molecule has 3 amide bonds. The van der Waals surface area contributed by atoms with Crippen LogP contribution in [0.15, 0.2) is 51.9 Å². The molecule has 36 heavy (non-hydrogen) atoms. The van der Waals surface area contributed by atoms with Crippen LogP contribution in [-0.2, 0) is 9.59 Å². The predicted molar refractivity (Wildman–Crippen MR) is 147 cm³/mol. The van der Waals surface area contributed by atoms with Gasteiger partial charge in [-0.25, -0.2) is 4.39 Å². The number of imide groups is 1. The summed E-state index contributed by atoms with van der Waals surface area (Å²) in [5.74, 6) is -1.59. The first-order valence-electron chi connectivity index (χ1n) is 11.6. The van der Waals surface area contributed by atoms with Gasteiger partial charge in [0.25, 0.3) is 11.1 Å². The van der Waals surface area contributed by atoms with Crippen LogP contribution < -0.4 is 10.2 Å². The fraction of sp³-hybridized carbons (Fsp3) is 0.296. The number of thioether (sulfide) groups is 1. The highest BCUT2D eigenvalue weighted by Crippen LogP contribution is 2.41. The SMILES string of the molecule is CCCN1c2cc(F)c(/C=C3/SC(=O)N(CC(=O)Nc4ccc(Br)cc4)C3=O)cc2C(C)=CC1(C)C. The van der Waals surface area contributed by atoms with Crippen LogP contribution in [0.4, 0.5) is 20.6 Å². The van der Waals surface area contributed by atoms with Gasteiger partial charge in [0.1, 0.15) is 12.4 Å². The molecule has 1 fully saturated rings. The first-order chi connectivity index (χ1) is 17.0. The fourth-order valence-corrected chi connectivity index (χ4v) is 5.61. The van der Waals surface area contributed by atoms with E-state index in [0.29, 0.717) is 17.4 Å². The Morgan fingerprint density at radius 2 is 1.89 bits per heavy atom. The Morgan fingerprint density at radius 3 is 2.56 bits per heavy atom. The van der Waals surface area contributed by atoms with Crippen molar-refractivity contribution in [3.8, 4) is 0 Å². The smallest absolute Gasteiger partial charge is 0.294 e. The number of carbonyl (C=O) groups is 3.